The molecule has 1 fully saturated rings. The highest BCUT2D eigenvalue weighted by Gasteiger charge is 2.19. The molecular weight excluding hydrogens is 168 g/mol. The van der Waals surface area contributed by atoms with E-state index in [1.54, 1.807) is 12.3 Å². The molecule has 0 amide bonds. The van der Waals surface area contributed by atoms with Crippen LogP contribution in [0.5, 0.6) is 0 Å². The lowest BCUT2D eigenvalue weighted by atomic mass is 10.3. The maximum atomic E-state index is 11.0. The molecular formula is C8H12N4O. The first-order chi connectivity index (χ1) is 6.25. The lowest BCUT2D eigenvalue weighted by Crippen LogP contribution is -2.27. The van der Waals surface area contributed by atoms with Gasteiger partial charge >= 0.3 is 0 Å². The Morgan fingerprint density at radius 2 is 2.54 bits per heavy atom. The molecule has 1 aromatic heterocycles. The summed E-state index contributed by atoms with van der Waals surface area (Å²) in [6.07, 6.45) is 2.63. The van der Waals surface area contributed by atoms with Crippen LogP contribution in [0.2, 0.25) is 0 Å². The molecule has 1 atom stereocenters. The van der Waals surface area contributed by atoms with Crippen LogP contribution in [0, 0.1) is 0 Å². The Kier molecular flexibility index (Phi) is 2.02. The van der Waals surface area contributed by atoms with Crippen LogP contribution in [0.4, 0.5) is 5.69 Å². The Morgan fingerprint density at radius 3 is 3.15 bits per heavy atom. The van der Waals surface area contributed by atoms with Crippen molar-refractivity contribution in [2.45, 2.75) is 12.5 Å². The van der Waals surface area contributed by atoms with Crippen LogP contribution in [-0.4, -0.2) is 29.3 Å². The number of aromatic amines is 1. The van der Waals surface area contributed by atoms with E-state index in [0.29, 0.717) is 0 Å². The van der Waals surface area contributed by atoms with Crippen molar-refractivity contribution in [3.63, 3.8) is 0 Å². The average molecular weight is 180 g/mol. The number of anilines is 1. The number of nitrogens with zero attached hydrogens (tertiary/aromatic N) is 2. The fourth-order valence-corrected chi connectivity index (χ4v) is 1.56. The van der Waals surface area contributed by atoms with Gasteiger partial charge in [0.05, 0.1) is 11.9 Å². The smallest absolute Gasteiger partial charge is 0.266 e. The number of nitrogens with one attached hydrogen (secondary N) is 1. The molecule has 0 spiro atoms. The second kappa shape index (κ2) is 3.18. The zero-order chi connectivity index (χ0) is 9.26. The van der Waals surface area contributed by atoms with Crippen molar-refractivity contribution < 1.29 is 0 Å². The second-order valence-corrected chi connectivity index (χ2v) is 3.30. The van der Waals surface area contributed by atoms with Gasteiger partial charge in [-0.3, -0.25) is 4.79 Å². The van der Waals surface area contributed by atoms with Crippen molar-refractivity contribution in [3.05, 3.63) is 22.6 Å². The van der Waals surface area contributed by atoms with E-state index >= 15 is 0 Å². The molecule has 3 N–H and O–H groups in total. The molecule has 1 saturated heterocycles. The molecule has 0 radical (unpaired) electrons. The van der Waals surface area contributed by atoms with E-state index < -0.39 is 0 Å². The zero-order valence-corrected chi connectivity index (χ0v) is 7.23. The molecule has 1 aliphatic heterocycles. The zero-order valence-electron chi connectivity index (χ0n) is 7.23. The van der Waals surface area contributed by atoms with E-state index in [2.05, 4.69) is 15.1 Å². The molecule has 2 rings (SSSR count). The summed E-state index contributed by atoms with van der Waals surface area (Å²) in [5.74, 6) is 0. The molecule has 70 valence electrons. The summed E-state index contributed by atoms with van der Waals surface area (Å²) in [5.41, 5.74) is 6.44. The van der Waals surface area contributed by atoms with Crippen molar-refractivity contribution in [2.75, 3.05) is 18.0 Å². The minimum atomic E-state index is -0.169. The molecule has 13 heavy (non-hydrogen) atoms. The minimum Gasteiger partial charge on any atom is -0.368 e. The Labute approximate surface area is 75.6 Å². The molecule has 0 bridgehead atoms. The van der Waals surface area contributed by atoms with Gasteiger partial charge in [0, 0.05) is 25.2 Å². The van der Waals surface area contributed by atoms with Gasteiger partial charge in [0.25, 0.3) is 5.56 Å². The van der Waals surface area contributed by atoms with Crippen molar-refractivity contribution in [1.29, 1.82) is 0 Å². The van der Waals surface area contributed by atoms with E-state index in [0.717, 1.165) is 25.2 Å². The molecule has 0 unspecified atom stereocenters. The molecule has 1 aliphatic rings. The number of aromatic nitrogens is 2. The summed E-state index contributed by atoms with van der Waals surface area (Å²) in [7, 11) is 0. The monoisotopic (exact) mass is 180 g/mol. The largest absolute Gasteiger partial charge is 0.368 e. The third-order valence-corrected chi connectivity index (χ3v) is 2.24. The quantitative estimate of drug-likeness (QED) is 0.599. The second-order valence-electron chi connectivity index (χ2n) is 3.30. The maximum Gasteiger partial charge on any atom is 0.266 e. The van der Waals surface area contributed by atoms with E-state index in [1.165, 1.54) is 0 Å². The van der Waals surface area contributed by atoms with E-state index in [-0.39, 0.29) is 11.6 Å². The predicted molar refractivity (Wildman–Crippen MR) is 49.7 cm³/mol. The molecule has 0 saturated carbocycles. The number of hydrogen-bond acceptors (Lipinski definition) is 4. The van der Waals surface area contributed by atoms with Crippen molar-refractivity contribution in [2.24, 2.45) is 5.73 Å². The first kappa shape index (κ1) is 8.25. The van der Waals surface area contributed by atoms with Crippen LogP contribution in [0.3, 0.4) is 0 Å². The fraction of sp³-hybridized carbons (Fsp3) is 0.500. The summed E-state index contributed by atoms with van der Waals surface area (Å²) in [6, 6.07) is 1.77. The normalized spacial score (nSPS) is 22.2. The topological polar surface area (TPSA) is 75.0 Å². The highest BCUT2D eigenvalue weighted by atomic mass is 16.1. The van der Waals surface area contributed by atoms with Gasteiger partial charge in [-0.2, -0.15) is 5.10 Å². The summed E-state index contributed by atoms with van der Waals surface area (Å²) in [5, 5.41) is 6.08. The Morgan fingerprint density at radius 1 is 1.69 bits per heavy atom. The molecule has 2 heterocycles. The fourth-order valence-electron chi connectivity index (χ4n) is 1.56. The highest BCUT2D eigenvalue weighted by Crippen LogP contribution is 2.15. The van der Waals surface area contributed by atoms with Gasteiger partial charge in [0.2, 0.25) is 0 Å². The first-order valence-corrected chi connectivity index (χ1v) is 4.31. The first-order valence-electron chi connectivity index (χ1n) is 4.31. The summed E-state index contributed by atoms with van der Waals surface area (Å²) < 4.78 is 0. The summed E-state index contributed by atoms with van der Waals surface area (Å²) >= 11 is 0. The van der Waals surface area contributed by atoms with E-state index in [1.807, 2.05) is 0 Å². The van der Waals surface area contributed by atoms with Crippen LogP contribution in [-0.2, 0) is 0 Å². The number of nitrogens with two attached hydrogens (primary N) is 1. The van der Waals surface area contributed by atoms with Crippen LogP contribution in [0.25, 0.3) is 0 Å². The van der Waals surface area contributed by atoms with Crippen molar-refractivity contribution >= 4 is 5.69 Å². The third-order valence-electron chi connectivity index (χ3n) is 2.24. The summed E-state index contributed by atoms with van der Waals surface area (Å²) in [4.78, 5) is 13.0. The Hall–Kier alpha value is -1.36. The standard InChI is InChI=1S/C8H12N4O/c9-6-1-2-12(5-6)7-3-8(13)11-10-4-7/h3-4,6H,1-2,5,9H2,(H,11,13)/t6-/m0/s1. The highest BCUT2D eigenvalue weighted by molar-refractivity contribution is 5.44. The van der Waals surface area contributed by atoms with Gasteiger partial charge < -0.3 is 10.6 Å². The van der Waals surface area contributed by atoms with Crippen LogP contribution in [0.15, 0.2) is 17.1 Å². The lowest BCUT2D eigenvalue weighted by molar-refractivity contribution is 0.752. The van der Waals surface area contributed by atoms with Gasteiger partial charge in [0.1, 0.15) is 0 Å². The maximum absolute atomic E-state index is 11.0. The van der Waals surface area contributed by atoms with Gasteiger partial charge in [-0.15, -0.1) is 0 Å². The van der Waals surface area contributed by atoms with Crippen molar-refractivity contribution in [3.8, 4) is 0 Å². The number of H-pyrrole nitrogens is 1. The third kappa shape index (κ3) is 1.70. The average Bonchev–Trinajstić information content (AvgIpc) is 2.52. The Balaban J connectivity index is 2.21. The molecule has 5 nitrogen and oxygen atoms in total. The van der Waals surface area contributed by atoms with Gasteiger partial charge in [-0.05, 0) is 6.42 Å². The number of hydrogen-bond donors (Lipinski definition) is 2. The number of rotatable bonds is 1. The van der Waals surface area contributed by atoms with E-state index in [4.69, 9.17) is 5.73 Å². The van der Waals surface area contributed by atoms with Gasteiger partial charge in [-0.1, -0.05) is 0 Å². The minimum absolute atomic E-state index is 0.169. The SMILES string of the molecule is N[C@H]1CCN(c2cn[nH]c(=O)c2)C1. The van der Waals surface area contributed by atoms with Gasteiger partial charge in [0.15, 0.2) is 0 Å². The van der Waals surface area contributed by atoms with Crippen LogP contribution < -0.4 is 16.2 Å². The molecule has 0 aliphatic carbocycles. The van der Waals surface area contributed by atoms with Crippen LogP contribution >= 0.6 is 0 Å². The predicted octanol–water partition coefficient (Wildman–Crippen LogP) is -0.693. The van der Waals surface area contributed by atoms with Crippen LogP contribution in [0.1, 0.15) is 6.42 Å². The lowest BCUT2D eigenvalue weighted by Gasteiger charge is -2.16. The van der Waals surface area contributed by atoms with E-state index in [9.17, 15) is 4.79 Å². The molecule has 0 aromatic carbocycles. The molecule has 5 heteroatoms. The summed E-state index contributed by atoms with van der Waals surface area (Å²) in [6.45, 7) is 1.72. The molecule has 1 aromatic rings. The van der Waals surface area contributed by atoms with Gasteiger partial charge in [-0.25, -0.2) is 5.10 Å². The Bertz CT molecular complexity index is 348. The van der Waals surface area contributed by atoms with Crippen molar-refractivity contribution in [1.82, 2.24) is 10.2 Å².